The van der Waals surface area contributed by atoms with Crippen molar-refractivity contribution in [2.45, 2.75) is 50.5 Å². The summed E-state index contributed by atoms with van der Waals surface area (Å²) in [5.74, 6) is 3.05. The number of nitrogens with zero attached hydrogens (tertiary/aromatic N) is 1. The van der Waals surface area contributed by atoms with Gasteiger partial charge in [-0.15, -0.1) is 4.57 Å². The van der Waals surface area contributed by atoms with E-state index in [0.717, 1.165) is 40.0 Å². The average Bonchev–Trinajstić information content (AvgIpc) is 2.73. The normalized spacial score (nSPS) is 29.4. The van der Waals surface area contributed by atoms with Crippen molar-refractivity contribution in [1.82, 2.24) is 0 Å². The Morgan fingerprint density at radius 1 is 1.03 bits per heavy atom. The van der Waals surface area contributed by atoms with E-state index in [1.165, 1.54) is 44.1 Å². The molecular formula is C26H28NO3+. The Morgan fingerprint density at radius 2 is 1.70 bits per heavy atom. The van der Waals surface area contributed by atoms with E-state index in [0.29, 0.717) is 6.54 Å². The predicted octanol–water partition coefficient (Wildman–Crippen LogP) is 4.61. The molecule has 4 saturated carbocycles. The lowest BCUT2D eigenvalue weighted by Gasteiger charge is -2.57. The van der Waals surface area contributed by atoms with Gasteiger partial charge in [-0.3, -0.25) is 0 Å². The standard InChI is InChI=1S/C26H28NO3/c1-29-22-10-21-16-27(15-17-5-3-2-4-6-17)25(28)30-24(21)23(11-22)26-12-18-7-19(13-26)9-20(8-18)14-26/h2-6,10-11,16,18-20H,7-9,12-15H2,1H3/q+1. The summed E-state index contributed by atoms with van der Waals surface area (Å²) in [6, 6.07) is 14.2. The zero-order chi connectivity index (χ0) is 20.3. The highest BCUT2D eigenvalue weighted by Crippen LogP contribution is 2.61. The maximum atomic E-state index is 12.9. The van der Waals surface area contributed by atoms with Crippen LogP contribution < -0.4 is 15.1 Å². The maximum absolute atomic E-state index is 12.9. The molecular weight excluding hydrogens is 374 g/mol. The van der Waals surface area contributed by atoms with Crippen molar-refractivity contribution in [3.63, 3.8) is 0 Å². The second-order valence-corrected chi connectivity index (χ2v) is 9.90. The second-order valence-electron chi connectivity index (χ2n) is 9.90. The van der Waals surface area contributed by atoms with E-state index in [1.807, 2.05) is 42.6 Å². The van der Waals surface area contributed by atoms with Crippen LogP contribution in [0.5, 0.6) is 5.75 Å². The lowest BCUT2D eigenvalue weighted by atomic mass is 9.48. The fourth-order valence-corrected chi connectivity index (χ4v) is 7.04. The lowest BCUT2D eigenvalue weighted by Crippen LogP contribution is -2.50. The molecule has 4 aliphatic carbocycles. The Balaban J connectivity index is 1.50. The number of fused-ring (bicyclic) bond motifs is 1. The third-order valence-electron chi connectivity index (χ3n) is 7.85. The lowest BCUT2D eigenvalue weighted by molar-refractivity contribution is -0.712. The number of benzene rings is 2. The summed E-state index contributed by atoms with van der Waals surface area (Å²) in [6.45, 7) is 0.503. The van der Waals surface area contributed by atoms with Gasteiger partial charge >= 0.3 is 5.76 Å². The molecule has 4 bridgehead atoms. The van der Waals surface area contributed by atoms with Gasteiger partial charge in [-0.2, -0.15) is 4.79 Å². The Hall–Kier alpha value is -2.62. The molecule has 154 valence electrons. The minimum atomic E-state index is -0.289. The van der Waals surface area contributed by atoms with Crippen LogP contribution in [0, 0.1) is 17.8 Å². The molecule has 4 aliphatic rings. The number of rotatable bonds is 4. The van der Waals surface area contributed by atoms with E-state index in [-0.39, 0.29) is 11.2 Å². The molecule has 4 fully saturated rings. The van der Waals surface area contributed by atoms with Gasteiger partial charge in [0.15, 0.2) is 18.3 Å². The number of hydrogen-bond donors (Lipinski definition) is 0. The summed E-state index contributed by atoms with van der Waals surface area (Å²) in [6.07, 6.45) is 9.80. The van der Waals surface area contributed by atoms with Gasteiger partial charge in [-0.05, 0) is 73.8 Å². The van der Waals surface area contributed by atoms with E-state index in [1.54, 1.807) is 11.7 Å². The monoisotopic (exact) mass is 402 g/mol. The molecule has 3 aromatic rings. The summed E-state index contributed by atoms with van der Waals surface area (Å²) in [5, 5.41) is 0.954. The first-order valence-corrected chi connectivity index (χ1v) is 11.2. The highest BCUT2D eigenvalue weighted by molar-refractivity contribution is 5.81. The van der Waals surface area contributed by atoms with Crippen LogP contribution in [0.3, 0.4) is 0 Å². The number of hydrogen-bond acceptors (Lipinski definition) is 3. The van der Waals surface area contributed by atoms with Crippen LogP contribution in [0.4, 0.5) is 0 Å². The Labute approximate surface area is 176 Å². The van der Waals surface area contributed by atoms with Crippen LogP contribution in [0.1, 0.15) is 49.7 Å². The first-order valence-electron chi connectivity index (χ1n) is 11.2. The smallest absolute Gasteiger partial charge is 0.497 e. The third kappa shape index (κ3) is 2.88. The molecule has 0 spiro atoms. The average molecular weight is 403 g/mol. The van der Waals surface area contributed by atoms with Crippen molar-refractivity contribution in [3.05, 3.63) is 70.3 Å². The van der Waals surface area contributed by atoms with Gasteiger partial charge in [0.05, 0.1) is 12.5 Å². The quantitative estimate of drug-likeness (QED) is 0.599. The third-order valence-corrected chi connectivity index (χ3v) is 7.85. The molecule has 4 nitrogen and oxygen atoms in total. The van der Waals surface area contributed by atoms with Crippen molar-refractivity contribution in [3.8, 4) is 5.75 Å². The van der Waals surface area contributed by atoms with Crippen LogP contribution in [-0.2, 0) is 12.0 Å². The van der Waals surface area contributed by atoms with Gasteiger partial charge in [0, 0.05) is 11.1 Å². The number of aromatic nitrogens is 1. The first kappa shape index (κ1) is 18.2. The molecule has 1 aromatic heterocycles. The van der Waals surface area contributed by atoms with Crippen LogP contribution in [-0.4, -0.2) is 7.11 Å². The van der Waals surface area contributed by atoms with Crippen molar-refractivity contribution >= 4 is 11.0 Å². The van der Waals surface area contributed by atoms with Gasteiger partial charge in [0.25, 0.3) is 0 Å². The van der Waals surface area contributed by atoms with E-state index in [2.05, 4.69) is 6.07 Å². The number of methoxy groups -OCH3 is 1. The summed E-state index contributed by atoms with van der Waals surface area (Å²) < 4.78 is 13.4. The van der Waals surface area contributed by atoms with Crippen LogP contribution in [0.2, 0.25) is 0 Å². The molecule has 0 atom stereocenters. The van der Waals surface area contributed by atoms with E-state index in [9.17, 15) is 4.79 Å². The van der Waals surface area contributed by atoms with Crippen molar-refractivity contribution < 1.29 is 13.7 Å². The minimum Gasteiger partial charge on any atom is -0.497 e. The second kappa shape index (κ2) is 6.69. The van der Waals surface area contributed by atoms with Gasteiger partial charge in [0.1, 0.15) is 5.75 Å². The Morgan fingerprint density at radius 3 is 2.33 bits per heavy atom. The fraction of sp³-hybridized carbons (Fsp3) is 0.462. The summed E-state index contributed by atoms with van der Waals surface area (Å²) in [4.78, 5) is 12.9. The summed E-state index contributed by atoms with van der Waals surface area (Å²) in [7, 11) is 1.72. The molecule has 0 amide bonds. The molecule has 1 heterocycles. The fourth-order valence-electron chi connectivity index (χ4n) is 7.04. The molecule has 0 unspecified atom stereocenters. The highest BCUT2D eigenvalue weighted by atomic mass is 16.5. The van der Waals surface area contributed by atoms with Crippen molar-refractivity contribution in [2.24, 2.45) is 17.8 Å². The zero-order valence-electron chi connectivity index (χ0n) is 17.5. The van der Waals surface area contributed by atoms with Gasteiger partial charge in [0.2, 0.25) is 0 Å². The molecule has 0 aliphatic heterocycles. The van der Waals surface area contributed by atoms with Crippen LogP contribution in [0.15, 0.2) is 57.9 Å². The molecule has 0 saturated heterocycles. The summed E-state index contributed by atoms with van der Waals surface area (Å²) >= 11 is 0. The summed E-state index contributed by atoms with van der Waals surface area (Å²) in [5.41, 5.74) is 3.20. The van der Waals surface area contributed by atoms with Crippen LogP contribution in [0.25, 0.3) is 11.0 Å². The highest BCUT2D eigenvalue weighted by Gasteiger charge is 2.52. The minimum absolute atomic E-state index is 0.142. The topological polar surface area (TPSA) is 43.3 Å². The maximum Gasteiger partial charge on any atom is 0.602 e. The Kier molecular flexibility index (Phi) is 4.06. The van der Waals surface area contributed by atoms with Gasteiger partial charge in [-0.1, -0.05) is 30.3 Å². The van der Waals surface area contributed by atoms with Gasteiger partial charge in [-0.25, -0.2) is 0 Å². The first-order chi connectivity index (χ1) is 14.6. The largest absolute Gasteiger partial charge is 0.602 e. The molecule has 30 heavy (non-hydrogen) atoms. The molecule has 0 radical (unpaired) electrons. The van der Waals surface area contributed by atoms with E-state index >= 15 is 0 Å². The van der Waals surface area contributed by atoms with E-state index < -0.39 is 0 Å². The van der Waals surface area contributed by atoms with E-state index in [4.69, 9.17) is 9.15 Å². The van der Waals surface area contributed by atoms with Crippen molar-refractivity contribution in [1.29, 1.82) is 0 Å². The zero-order valence-corrected chi connectivity index (χ0v) is 17.5. The molecule has 4 heteroatoms. The Bertz CT molecular complexity index is 1130. The van der Waals surface area contributed by atoms with Gasteiger partial charge < -0.3 is 9.15 Å². The molecule has 0 N–H and O–H groups in total. The van der Waals surface area contributed by atoms with Crippen molar-refractivity contribution in [2.75, 3.05) is 7.11 Å². The SMILES string of the molecule is COc1cc(C23CC4CC(CC(C4)C2)C3)c2oc(=O)[n+](Cc3ccccc3)cc2c1. The number of ether oxygens (including phenoxy) is 1. The molecule has 2 aromatic carbocycles. The molecule has 7 rings (SSSR count). The predicted molar refractivity (Wildman–Crippen MR) is 115 cm³/mol. The van der Waals surface area contributed by atoms with Crippen LogP contribution >= 0.6 is 0 Å².